The van der Waals surface area contributed by atoms with Crippen molar-refractivity contribution in [2.75, 3.05) is 39.3 Å². The van der Waals surface area contributed by atoms with Crippen LogP contribution in [-0.4, -0.2) is 83.6 Å². The Morgan fingerprint density at radius 1 is 0.707 bits per heavy atom. The molecule has 3 heterocycles. The van der Waals surface area contributed by atoms with Gasteiger partial charge in [-0.2, -0.15) is 0 Å². The molecule has 11 nitrogen and oxygen atoms in total. The smallest absolute Gasteiger partial charge is 0.415 e. The fourth-order valence-corrected chi connectivity index (χ4v) is 5.04. The number of furan rings is 1. The van der Waals surface area contributed by atoms with E-state index >= 15 is 0 Å². The average Bonchev–Trinajstić information content (AvgIpc) is 3.40. The van der Waals surface area contributed by atoms with E-state index in [0.29, 0.717) is 42.3 Å². The molecule has 0 saturated carbocycles. The van der Waals surface area contributed by atoms with Gasteiger partial charge in [-0.15, -0.1) is 0 Å². The quantitative estimate of drug-likeness (QED) is 0.364. The van der Waals surface area contributed by atoms with E-state index in [2.05, 4.69) is 0 Å². The molecule has 0 atom stereocenters. The SMILES string of the molecule is CC(=O)c1cc2c(OC(=O)N3CCCCC3)c3ccccc3c(OC(=O)N3CCN(C(=O)OC(C)(C)C)CC3)c2o1. The van der Waals surface area contributed by atoms with Crippen molar-refractivity contribution in [2.24, 2.45) is 0 Å². The highest BCUT2D eigenvalue weighted by Gasteiger charge is 2.31. The van der Waals surface area contributed by atoms with Gasteiger partial charge in [0.1, 0.15) is 5.60 Å². The number of amides is 3. The van der Waals surface area contributed by atoms with Crippen LogP contribution in [0, 0.1) is 0 Å². The first kappa shape index (κ1) is 28.3. The molecule has 0 aliphatic carbocycles. The van der Waals surface area contributed by atoms with Crippen LogP contribution >= 0.6 is 0 Å². The van der Waals surface area contributed by atoms with Crippen molar-refractivity contribution in [3.8, 4) is 11.5 Å². The zero-order chi connectivity index (χ0) is 29.3. The third kappa shape index (κ3) is 6.08. The standard InChI is InChI=1S/C30H35N3O8/c1-19(34)23-18-22-24(39-27(35)31-12-8-5-9-13-31)20-10-6-7-11-21(20)25(26(22)38-23)40-28(36)32-14-16-33(17-15-32)29(37)41-30(2,3)4/h6-7,10-11,18H,5,8-9,12-17H2,1-4H3. The lowest BCUT2D eigenvalue weighted by atomic mass is 10.0. The average molecular weight is 566 g/mol. The molecule has 2 saturated heterocycles. The van der Waals surface area contributed by atoms with Gasteiger partial charge >= 0.3 is 18.3 Å². The van der Waals surface area contributed by atoms with Crippen LogP contribution in [0.5, 0.6) is 11.5 Å². The van der Waals surface area contributed by atoms with Gasteiger partial charge in [-0.05, 0) is 46.1 Å². The molecule has 0 radical (unpaired) electrons. The molecule has 0 bridgehead atoms. The lowest BCUT2D eigenvalue weighted by Crippen LogP contribution is -2.52. The number of nitrogens with zero attached hydrogens (tertiary/aromatic N) is 3. The van der Waals surface area contributed by atoms with Crippen molar-refractivity contribution >= 4 is 45.8 Å². The summed E-state index contributed by atoms with van der Waals surface area (Å²) in [5.41, 5.74) is -0.480. The predicted molar refractivity (Wildman–Crippen MR) is 151 cm³/mol. The molecule has 0 N–H and O–H groups in total. The van der Waals surface area contributed by atoms with E-state index in [0.717, 1.165) is 19.3 Å². The van der Waals surface area contributed by atoms with Gasteiger partial charge in [0.2, 0.25) is 0 Å². The number of piperazine rings is 1. The summed E-state index contributed by atoms with van der Waals surface area (Å²) < 4.78 is 23.2. The molecule has 5 rings (SSSR count). The van der Waals surface area contributed by atoms with Gasteiger partial charge in [0, 0.05) is 57.0 Å². The number of fused-ring (bicyclic) bond motifs is 2. The molecular weight excluding hydrogens is 530 g/mol. The monoisotopic (exact) mass is 565 g/mol. The van der Waals surface area contributed by atoms with Crippen LogP contribution in [0.4, 0.5) is 14.4 Å². The second kappa shape index (κ2) is 11.3. The number of piperidine rings is 1. The van der Waals surface area contributed by atoms with Gasteiger partial charge < -0.3 is 33.3 Å². The maximum absolute atomic E-state index is 13.3. The summed E-state index contributed by atoms with van der Waals surface area (Å²) >= 11 is 0. The first-order valence-corrected chi connectivity index (χ1v) is 13.9. The topological polar surface area (TPSA) is 119 Å². The van der Waals surface area contributed by atoms with Crippen LogP contribution in [0.1, 0.15) is 57.5 Å². The van der Waals surface area contributed by atoms with Crippen molar-refractivity contribution in [1.29, 1.82) is 0 Å². The Morgan fingerprint density at radius 3 is 1.78 bits per heavy atom. The maximum Gasteiger partial charge on any atom is 0.415 e. The zero-order valence-electron chi connectivity index (χ0n) is 23.9. The molecule has 218 valence electrons. The van der Waals surface area contributed by atoms with Gasteiger partial charge in [0.05, 0.1) is 5.39 Å². The van der Waals surface area contributed by atoms with Crippen LogP contribution < -0.4 is 9.47 Å². The van der Waals surface area contributed by atoms with E-state index in [9.17, 15) is 19.2 Å². The van der Waals surface area contributed by atoms with Crippen LogP contribution in [0.3, 0.4) is 0 Å². The number of carbonyl (C=O) groups excluding carboxylic acids is 4. The Labute approximate surface area is 237 Å². The number of hydrogen-bond acceptors (Lipinski definition) is 8. The van der Waals surface area contributed by atoms with Gasteiger partial charge in [-0.25, -0.2) is 14.4 Å². The van der Waals surface area contributed by atoms with E-state index in [1.165, 1.54) is 17.9 Å². The lowest BCUT2D eigenvalue weighted by Gasteiger charge is -2.35. The van der Waals surface area contributed by atoms with Gasteiger partial charge in [0.15, 0.2) is 28.6 Å². The summed E-state index contributed by atoms with van der Waals surface area (Å²) in [6, 6.07) is 8.59. The van der Waals surface area contributed by atoms with Crippen LogP contribution in [0.2, 0.25) is 0 Å². The van der Waals surface area contributed by atoms with E-state index in [4.69, 9.17) is 18.6 Å². The second-order valence-corrected chi connectivity index (χ2v) is 11.4. The number of ether oxygens (including phenoxy) is 3. The van der Waals surface area contributed by atoms with E-state index < -0.39 is 23.9 Å². The molecule has 1 aromatic heterocycles. The number of carbonyl (C=O) groups is 4. The summed E-state index contributed by atoms with van der Waals surface area (Å²) in [5, 5.41) is 1.39. The number of Topliss-reactive ketones (excluding diaryl/α,β-unsaturated/α-hetero) is 1. The predicted octanol–water partition coefficient (Wildman–Crippen LogP) is 5.82. The Kier molecular flexibility index (Phi) is 7.79. The van der Waals surface area contributed by atoms with Crippen molar-refractivity contribution in [3.05, 3.63) is 36.1 Å². The molecular formula is C30H35N3O8. The fourth-order valence-electron chi connectivity index (χ4n) is 5.04. The molecule has 2 aliphatic rings. The molecule has 0 unspecified atom stereocenters. The fraction of sp³-hybridized carbons (Fsp3) is 0.467. The maximum atomic E-state index is 13.3. The molecule has 3 amide bonds. The Bertz CT molecular complexity index is 1490. The van der Waals surface area contributed by atoms with Crippen LogP contribution in [0.15, 0.2) is 34.7 Å². The van der Waals surface area contributed by atoms with E-state index in [-0.39, 0.29) is 41.7 Å². The van der Waals surface area contributed by atoms with E-state index in [1.54, 1.807) is 54.8 Å². The highest BCUT2D eigenvalue weighted by atomic mass is 16.6. The van der Waals surface area contributed by atoms with Crippen molar-refractivity contribution in [3.63, 3.8) is 0 Å². The molecule has 2 aromatic carbocycles. The van der Waals surface area contributed by atoms with E-state index in [1.807, 2.05) is 0 Å². The van der Waals surface area contributed by atoms with Crippen LogP contribution in [-0.2, 0) is 4.74 Å². The third-order valence-electron chi connectivity index (χ3n) is 7.13. The van der Waals surface area contributed by atoms with Gasteiger partial charge in [0.25, 0.3) is 0 Å². The van der Waals surface area contributed by atoms with Crippen molar-refractivity contribution < 1.29 is 37.8 Å². The molecule has 0 spiro atoms. The summed E-state index contributed by atoms with van der Waals surface area (Å²) in [4.78, 5) is 55.9. The first-order valence-electron chi connectivity index (χ1n) is 13.9. The van der Waals surface area contributed by atoms with Gasteiger partial charge in [-0.3, -0.25) is 4.79 Å². The van der Waals surface area contributed by atoms with Gasteiger partial charge in [-0.1, -0.05) is 24.3 Å². The highest BCUT2D eigenvalue weighted by molar-refractivity contribution is 6.12. The highest BCUT2D eigenvalue weighted by Crippen LogP contribution is 2.44. The Balaban J connectivity index is 1.44. The summed E-state index contributed by atoms with van der Waals surface area (Å²) in [6.45, 7) is 9.08. The largest absolute Gasteiger partial charge is 0.449 e. The summed E-state index contributed by atoms with van der Waals surface area (Å²) in [5.74, 6) is 0.0941. The molecule has 3 aromatic rings. The summed E-state index contributed by atoms with van der Waals surface area (Å²) in [7, 11) is 0. The molecule has 41 heavy (non-hydrogen) atoms. The number of hydrogen-bond donors (Lipinski definition) is 0. The Morgan fingerprint density at radius 2 is 1.22 bits per heavy atom. The first-order chi connectivity index (χ1) is 19.5. The minimum absolute atomic E-state index is 0.0499. The number of ketones is 1. The number of rotatable bonds is 3. The minimum atomic E-state index is -0.626. The minimum Gasteiger partial charge on any atom is -0.449 e. The Hall–Kier alpha value is -4.28. The zero-order valence-corrected chi connectivity index (χ0v) is 23.9. The molecule has 11 heteroatoms. The molecule has 2 aliphatic heterocycles. The van der Waals surface area contributed by atoms with Crippen molar-refractivity contribution in [2.45, 2.75) is 52.6 Å². The van der Waals surface area contributed by atoms with Crippen LogP contribution in [0.25, 0.3) is 21.7 Å². The third-order valence-corrected chi connectivity index (χ3v) is 7.13. The summed E-state index contributed by atoms with van der Waals surface area (Å²) in [6.07, 6.45) is 1.35. The molecule has 2 fully saturated rings. The second-order valence-electron chi connectivity index (χ2n) is 11.4. The number of likely N-dealkylation sites (tertiary alicyclic amines) is 1. The lowest BCUT2D eigenvalue weighted by molar-refractivity contribution is 0.0154. The van der Waals surface area contributed by atoms with Crippen molar-refractivity contribution in [1.82, 2.24) is 14.7 Å². The normalized spacial score (nSPS) is 16.1. The number of benzene rings is 2.